The van der Waals surface area contributed by atoms with Crippen LogP contribution in [0.15, 0.2) is 11.6 Å². The molecule has 0 rings (SSSR count). The van der Waals surface area contributed by atoms with Crippen LogP contribution in [0.4, 0.5) is 0 Å². The topological polar surface area (TPSA) is 17.1 Å². The first-order valence-electron chi connectivity index (χ1n) is 4.36. The molecule has 0 aliphatic rings. The Bertz CT molecular complexity index is 156. The fraction of sp³-hybridized carbons (Fsp3) is 0.700. The summed E-state index contributed by atoms with van der Waals surface area (Å²) in [6.07, 6.45) is 3.73. The molecule has 0 aliphatic heterocycles. The van der Waals surface area contributed by atoms with Gasteiger partial charge in [0.2, 0.25) is 0 Å². The van der Waals surface area contributed by atoms with Crippen LogP contribution in [0.25, 0.3) is 0 Å². The molecule has 64 valence electrons. The maximum atomic E-state index is 11.5. The normalized spacial score (nSPS) is 14.7. The average Bonchev–Trinajstić information content (AvgIpc) is 2.05. The molecule has 0 aliphatic carbocycles. The number of allylic oxidation sites excluding steroid dienone is 2. The Morgan fingerprint density at radius 1 is 1.45 bits per heavy atom. The Morgan fingerprint density at radius 2 is 2.00 bits per heavy atom. The van der Waals surface area contributed by atoms with Crippen LogP contribution in [0.5, 0.6) is 0 Å². The quantitative estimate of drug-likeness (QED) is 0.569. The minimum absolute atomic E-state index is 0.196. The lowest BCUT2D eigenvalue weighted by atomic mass is 9.95. The number of carbonyl (C=O) groups is 1. The molecule has 0 heterocycles. The molecule has 1 atom stereocenters. The summed E-state index contributed by atoms with van der Waals surface area (Å²) < 4.78 is 0. The van der Waals surface area contributed by atoms with E-state index in [0.29, 0.717) is 5.78 Å². The number of rotatable bonds is 4. The molecular weight excluding hydrogens is 136 g/mol. The smallest absolute Gasteiger partial charge is 0.161 e. The molecule has 0 saturated heterocycles. The van der Waals surface area contributed by atoms with Gasteiger partial charge in [0.25, 0.3) is 0 Å². The number of hydrogen-bond donors (Lipinski definition) is 0. The van der Waals surface area contributed by atoms with E-state index in [1.807, 2.05) is 33.8 Å². The van der Waals surface area contributed by atoms with Crippen molar-refractivity contribution in [3.63, 3.8) is 0 Å². The lowest BCUT2D eigenvalue weighted by molar-refractivity contribution is -0.118. The van der Waals surface area contributed by atoms with Crippen LogP contribution in [0.2, 0.25) is 0 Å². The molecule has 0 N–H and O–H groups in total. The maximum Gasteiger partial charge on any atom is 0.161 e. The van der Waals surface area contributed by atoms with Crippen molar-refractivity contribution in [2.24, 2.45) is 5.92 Å². The van der Waals surface area contributed by atoms with E-state index in [1.54, 1.807) is 0 Å². The third kappa shape index (κ3) is 2.87. The molecule has 0 amide bonds. The van der Waals surface area contributed by atoms with Gasteiger partial charge in [0.05, 0.1) is 0 Å². The van der Waals surface area contributed by atoms with Gasteiger partial charge >= 0.3 is 0 Å². The van der Waals surface area contributed by atoms with Crippen molar-refractivity contribution in [3.8, 4) is 0 Å². The zero-order chi connectivity index (χ0) is 8.85. The summed E-state index contributed by atoms with van der Waals surface area (Å²) in [6.45, 7) is 7.99. The standard InChI is InChI=1S/C10H18O/c1-5-8(4)10(11)9(6-2)7-3/h6,8H,5,7H2,1-4H3. The molecular formula is C10H18O. The molecule has 0 fully saturated rings. The second-order valence-corrected chi connectivity index (χ2v) is 2.84. The van der Waals surface area contributed by atoms with Crippen molar-refractivity contribution in [2.45, 2.75) is 40.5 Å². The van der Waals surface area contributed by atoms with Gasteiger partial charge in [-0.1, -0.05) is 26.8 Å². The van der Waals surface area contributed by atoms with Crippen molar-refractivity contribution in [3.05, 3.63) is 11.6 Å². The summed E-state index contributed by atoms with van der Waals surface area (Å²) in [5.74, 6) is 0.513. The number of hydrogen-bond acceptors (Lipinski definition) is 1. The third-order valence-electron chi connectivity index (χ3n) is 2.11. The van der Waals surface area contributed by atoms with E-state index in [4.69, 9.17) is 0 Å². The summed E-state index contributed by atoms with van der Waals surface area (Å²) in [5, 5.41) is 0. The highest BCUT2D eigenvalue weighted by Gasteiger charge is 2.12. The molecule has 11 heavy (non-hydrogen) atoms. The zero-order valence-electron chi connectivity index (χ0n) is 7.98. The molecule has 0 saturated carbocycles. The van der Waals surface area contributed by atoms with Gasteiger partial charge in [-0.3, -0.25) is 4.79 Å². The number of carbonyl (C=O) groups excluding carboxylic acids is 1. The Balaban J connectivity index is 4.22. The molecule has 1 heteroatoms. The van der Waals surface area contributed by atoms with Gasteiger partial charge in [0.15, 0.2) is 5.78 Å². The van der Waals surface area contributed by atoms with Gasteiger partial charge < -0.3 is 0 Å². The first-order valence-corrected chi connectivity index (χ1v) is 4.36. The maximum absolute atomic E-state index is 11.5. The molecule has 0 aromatic heterocycles. The van der Waals surface area contributed by atoms with Gasteiger partial charge in [-0.2, -0.15) is 0 Å². The highest BCUT2D eigenvalue weighted by Crippen LogP contribution is 2.12. The number of ketones is 1. The van der Waals surface area contributed by atoms with Gasteiger partial charge in [-0.15, -0.1) is 0 Å². The van der Waals surface area contributed by atoms with Gasteiger partial charge in [-0.05, 0) is 25.3 Å². The second-order valence-electron chi connectivity index (χ2n) is 2.84. The van der Waals surface area contributed by atoms with Crippen molar-refractivity contribution in [2.75, 3.05) is 0 Å². The summed E-state index contributed by atoms with van der Waals surface area (Å²) in [7, 11) is 0. The third-order valence-corrected chi connectivity index (χ3v) is 2.11. The van der Waals surface area contributed by atoms with Crippen LogP contribution in [-0.4, -0.2) is 5.78 Å². The van der Waals surface area contributed by atoms with Crippen LogP contribution >= 0.6 is 0 Å². The van der Waals surface area contributed by atoms with Crippen LogP contribution in [0.3, 0.4) is 0 Å². The van der Waals surface area contributed by atoms with Crippen molar-refractivity contribution in [1.82, 2.24) is 0 Å². The average molecular weight is 154 g/mol. The Morgan fingerprint density at radius 3 is 2.27 bits per heavy atom. The van der Waals surface area contributed by atoms with Gasteiger partial charge in [0, 0.05) is 5.92 Å². The summed E-state index contributed by atoms with van der Waals surface area (Å²) in [5.41, 5.74) is 0.972. The van der Waals surface area contributed by atoms with E-state index in [9.17, 15) is 4.79 Å². The van der Waals surface area contributed by atoms with Crippen LogP contribution in [0.1, 0.15) is 40.5 Å². The van der Waals surface area contributed by atoms with E-state index in [0.717, 1.165) is 18.4 Å². The fourth-order valence-corrected chi connectivity index (χ4v) is 1.02. The first kappa shape index (κ1) is 10.4. The SMILES string of the molecule is CC=C(CC)C(=O)C(C)CC. The predicted molar refractivity (Wildman–Crippen MR) is 48.5 cm³/mol. The summed E-state index contributed by atoms with van der Waals surface area (Å²) in [6, 6.07) is 0. The molecule has 0 spiro atoms. The van der Waals surface area contributed by atoms with Crippen molar-refractivity contribution >= 4 is 5.78 Å². The van der Waals surface area contributed by atoms with E-state index in [-0.39, 0.29) is 5.92 Å². The largest absolute Gasteiger partial charge is 0.294 e. The van der Waals surface area contributed by atoms with E-state index in [1.165, 1.54) is 0 Å². The molecule has 0 radical (unpaired) electrons. The molecule has 0 bridgehead atoms. The molecule has 0 aromatic rings. The highest BCUT2D eigenvalue weighted by atomic mass is 16.1. The Hall–Kier alpha value is -0.590. The van der Waals surface area contributed by atoms with Crippen LogP contribution in [0, 0.1) is 5.92 Å². The van der Waals surface area contributed by atoms with E-state index < -0.39 is 0 Å². The second kappa shape index (κ2) is 5.11. The van der Waals surface area contributed by atoms with E-state index >= 15 is 0 Å². The van der Waals surface area contributed by atoms with Crippen molar-refractivity contribution < 1.29 is 4.79 Å². The molecule has 0 aromatic carbocycles. The highest BCUT2D eigenvalue weighted by molar-refractivity contribution is 5.96. The zero-order valence-corrected chi connectivity index (χ0v) is 7.98. The minimum Gasteiger partial charge on any atom is -0.294 e. The van der Waals surface area contributed by atoms with Gasteiger partial charge in [0.1, 0.15) is 0 Å². The fourth-order valence-electron chi connectivity index (χ4n) is 1.02. The predicted octanol–water partition coefficient (Wildman–Crippen LogP) is 2.96. The Kier molecular flexibility index (Phi) is 4.84. The summed E-state index contributed by atoms with van der Waals surface area (Å²) in [4.78, 5) is 11.5. The van der Waals surface area contributed by atoms with Crippen LogP contribution < -0.4 is 0 Å². The minimum atomic E-state index is 0.196. The summed E-state index contributed by atoms with van der Waals surface area (Å²) >= 11 is 0. The Labute approximate surface area is 69.5 Å². The monoisotopic (exact) mass is 154 g/mol. The van der Waals surface area contributed by atoms with Crippen molar-refractivity contribution in [1.29, 1.82) is 0 Å². The molecule has 1 unspecified atom stereocenters. The lowest BCUT2D eigenvalue weighted by Crippen LogP contribution is -2.11. The first-order chi connectivity index (χ1) is 5.17. The van der Waals surface area contributed by atoms with Crippen LogP contribution in [-0.2, 0) is 4.79 Å². The van der Waals surface area contributed by atoms with Gasteiger partial charge in [-0.25, -0.2) is 0 Å². The lowest BCUT2D eigenvalue weighted by Gasteiger charge is -2.08. The van der Waals surface area contributed by atoms with E-state index in [2.05, 4.69) is 0 Å². The molecule has 1 nitrogen and oxygen atoms in total. The number of Topliss-reactive ketones (excluding diaryl/α,β-unsaturated/α-hetero) is 1.